The number of H-pyrrole nitrogens is 1. The van der Waals surface area contributed by atoms with E-state index in [0.29, 0.717) is 6.54 Å². The predicted molar refractivity (Wildman–Crippen MR) is 116 cm³/mol. The summed E-state index contributed by atoms with van der Waals surface area (Å²) < 4.78 is 1.94. The monoisotopic (exact) mass is 388 g/mol. The molecule has 4 heterocycles. The van der Waals surface area contributed by atoms with Crippen molar-refractivity contribution in [1.82, 2.24) is 14.5 Å². The number of benzene rings is 1. The van der Waals surface area contributed by atoms with Crippen LogP contribution in [0.4, 0.5) is 11.5 Å². The van der Waals surface area contributed by atoms with Crippen molar-refractivity contribution in [1.29, 1.82) is 0 Å². The van der Waals surface area contributed by atoms with Gasteiger partial charge in [0.1, 0.15) is 11.3 Å². The molecule has 5 rings (SSSR count). The van der Waals surface area contributed by atoms with E-state index >= 15 is 0 Å². The molecule has 0 unspecified atom stereocenters. The Hall–Kier alpha value is -2.99. The summed E-state index contributed by atoms with van der Waals surface area (Å²) in [4.78, 5) is 22.3. The third-order valence-corrected chi connectivity index (χ3v) is 5.92. The highest BCUT2D eigenvalue weighted by molar-refractivity contribution is 7.97. The summed E-state index contributed by atoms with van der Waals surface area (Å²) in [5.74, 6) is 1.85. The SMILES string of the molecule is CSCc1ccc2c(c1)-c1cn(C)c3c(=O)[nH]cc(c13)CN2c1ccccn1. The molecule has 1 aliphatic rings. The summed E-state index contributed by atoms with van der Waals surface area (Å²) in [5, 5.41) is 1.03. The zero-order valence-corrected chi connectivity index (χ0v) is 16.6. The normalized spacial score (nSPS) is 12.9. The number of hydrogen-bond donors (Lipinski definition) is 1. The van der Waals surface area contributed by atoms with Crippen LogP contribution in [0.3, 0.4) is 0 Å². The van der Waals surface area contributed by atoms with Gasteiger partial charge in [0.25, 0.3) is 5.56 Å². The molecule has 0 fully saturated rings. The van der Waals surface area contributed by atoms with Gasteiger partial charge in [0.2, 0.25) is 0 Å². The lowest BCUT2D eigenvalue weighted by Crippen LogP contribution is -2.19. The summed E-state index contributed by atoms with van der Waals surface area (Å²) in [6.07, 6.45) is 7.85. The van der Waals surface area contributed by atoms with E-state index in [-0.39, 0.29) is 5.56 Å². The number of hydrogen-bond acceptors (Lipinski definition) is 4. The smallest absolute Gasteiger partial charge is 0.272 e. The molecule has 0 saturated carbocycles. The van der Waals surface area contributed by atoms with Gasteiger partial charge in [-0.3, -0.25) is 4.79 Å². The minimum Gasteiger partial charge on any atom is -0.345 e. The molecule has 1 aromatic carbocycles. The molecular formula is C22H20N4OS. The number of aromatic amines is 1. The lowest BCUT2D eigenvalue weighted by molar-refractivity contribution is 0.933. The van der Waals surface area contributed by atoms with Crippen molar-refractivity contribution < 1.29 is 0 Å². The third kappa shape index (κ3) is 2.56. The Bertz CT molecular complexity index is 1240. The second-order valence-corrected chi connectivity index (χ2v) is 7.94. The van der Waals surface area contributed by atoms with Crippen molar-refractivity contribution in [2.75, 3.05) is 11.2 Å². The van der Waals surface area contributed by atoms with Crippen LogP contribution < -0.4 is 10.5 Å². The zero-order chi connectivity index (χ0) is 19.3. The van der Waals surface area contributed by atoms with Crippen LogP contribution in [-0.4, -0.2) is 20.8 Å². The van der Waals surface area contributed by atoms with Gasteiger partial charge in [0.15, 0.2) is 0 Å². The number of nitrogens with one attached hydrogen (secondary N) is 1. The Balaban J connectivity index is 1.85. The van der Waals surface area contributed by atoms with Gasteiger partial charge in [0, 0.05) is 47.9 Å². The first-order chi connectivity index (χ1) is 13.7. The molecule has 0 saturated heterocycles. The molecule has 0 aliphatic carbocycles. The lowest BCUT2D eigenvalue weighted by Gasteiger charge is -2.25. The molecule has 0 atom stereocenters. The largest absolute Gasteiger partial charge is 0.345 e. The molecule has 3 aromatic heterocycles. The predicted octanol–water partition coefficient (Wildman–Crippen LogP) is 4.44. The maximum atomic E-state index is 12.5. The van der Waals surface area contributed by atoms with E-state index in [0.717, 1.165) is 44.9 Å². The van der Waals surface area contributed by atoms with Gasteiger partial charge in [-0.2, -0.15) is 11.8 Å². The van der Waals surface area contributed by atoms with Crippen molar-refractivity contribution in [2.24, 2.45) is 7.05 Å². The quantitative estimate of drug-likeness (QED) is 0.564. The fourth-order valence-electron chi connectivity index (χ4n) is 4.11. The van der Waals surface area contributed by atoms with Crippen molar-refractivity contribution >= 4 is 34.2 Å². The third-order valence-electron chi connectivity index (χ3n) is 5.30. The Morgan fingerprint density at radius 2 is 2.11 bits per heavy atom. The highest BCUT2D eigenvalue weighted by Gasteiger charge is 2.26. The number of thioether (sulfide) groups is 1. The second kappa shape index (κ2) is 6.56. The molecule has 0 amide bonds. The molecular weight excluding hydrogens is 368 g/mol. The first-order valence-electron chi connectivity index (χ1n) is 9.18. The van der Waals surface area contributed by atoms with Crippen molar-refractivity contribution in [3.8, 4) is 11.1 Å². The van der Waals surface area contributed by atoms with Crippen molar-refractivity contribution in [2.45, 2.75) is 12.3 Å². The first-order valence-corrected chi connectivity index (χ1v) is 10.6. The summed E-state index contributed by atoms with van der Waals surface area (Å²) in [5.41, 5.74) is 6.40. The van der Waals surface area contributed by atoms with Gasteiger partial charge in [-0.1, -0.05) is 12.1 Å². The Kier molecular flexibility index (Phi) is 4.02. The number of rotatable bonds is 3. The molecule has 4 aromatic rings. The molecule has 1 aliphatic heterocycles. The summed E-state index contributed by atoms with van der Waals surface area (Å²) >= 11 is 1.81. The maximum absolute atomic E-state index is 12.5. The summed E-state index contributed by atoms with van der Waals surface area (Å²) in [6.45, 7) is 0.649. The maximum Gasteiger partial charge on any atom is 0.272 e. The highest BCUT2D eigenvalue weighted by atomic mass is 32.2. The molecule has 0 spiro atoms. The number of nitrogens with zero attached hydrogens (tertiary/aromatic N) is 3. The summed E-state index contributed by atoms with van der Waals surface area (Å²) in [7, 11) is 1.94. The van der Waals surface area contributed by atoms with Crippen LogP contribution in [-0.2, 0) is 19.3 Å². The van der Waals surface area contributed by atoms with Gasteiger partial charge in [-0.25, -0.2) is 4.98 Å². The zero-order valence-electron chi connectivity index (χ0n) is 15.8. The van der Waals surface area contributed by atoms with Crippen molar-refractivity contribution in [3.63, 3.8) is 0 Å². The molecule has 5 nitrogen and oxygen atoms in total. The van der Waals surface area contributed by atoms with Gasteiger partial charge in [-0.15, -0.1) is 0 Å². The van der Waals surface area contributed by atoms with Crippen LogP contribution in [0.15, 0.2) is 59.8 Å². The first kappa shape index (κ1) is 17.1. The average Bonchev–Trinajstić information content (AvgIpc) is 3.00. The van der Waals surface area contributed by atoms with Crippen LogP contribution in [0.5, 0.6) is 0 Å². The van der Waals surface area contributed by atoms with Gasteiger partial charge < -0.3 is 14.5 Å². The topological polar surface area (TPSA) is 53.9 Å². The van der Waals surface area contributed by atoms with Gasteiger partial charge in [0.05, 0.1) is 12.2 Å². The van der Waals surface area contributed by atoms with Crippen LogP contribution in [0.2, 0.25) is 0 Å². The minimum atomic E-state index is -0.0550. The van der Waals surface area contributed by atoms with Crippen molar-refractivity contribution in [3.05, 3.63) is 76.5 Å². The van der Waals surface area contributed by atoms with E-state index in [1.807, 2.05) is 54.0 Å². The fourth-order valence-corrected chi connectivity index (χ4v) is 4.62. The molecule has 1 N–H and O–H groups in total. The van der Waals surface area contributed by atoms with E-state index in [2.05, 4.69) is 45.5 Å². The standard InChI is InChI=1S/C22H20N4OS/c1-25-12-17-16-9-14(13-28-2)6-7-18(16)26(19-5-3-4-8-23-19)11-15-10-24-22(27)21(25)20(15)17/h3-10,12H,11,13H2,1-2H3,(H,24,27). The van der Waals surface area contributed by atoms with E-state index in [9.17, 15) is 4.79 Å². The Morgan fingerprint density at radius 3 is 2.89 bits per heavy atom. The number of pyridine rings is 2. The van der Waals surface area contributed by atoms with Crippen LogP contribution in [0.1, 0.15) is 11.1 Å². The van der Waals surface area contributed by atoms with E-state index in [1.165, 1.54) is 5.56 Å². The Labute approximate surface area is 167 Å². The molecule has 0 radical (unpaired) electrons. The second-order valence-electron chi connectivity index (χ2n) is 7.08. The number of aryl methyl sites for hydroxylation is 1. The molecule has 140 valence electrons. The minimum absolute atomic E-state index is 0.0550. The van der Waals surface area contributed by atoms with Crippen LogP contribution in [0.25, 0.3) is 22.0 Å². The summed E-state index contributed by atoms with van der Waals surface area (Å²) in [6, 6.07) is 12.6. The average molecular weight is 388 g/mol. The molecule has 28 heavy (non-hydrogen) atoms. The number of fused-ring (bicyclic) bond motifs is 2. The number of anilines is 2. The lowest BCUT2D eigenvalue weighted by atomic mass is 10.0. The van der Waals surface area contributed by atoms with Crippen LogP contribution in [0, 0.1) is 0 Å². The van der Waals surface area contributed by atoms with Gasteiger partial charge in [-0.05, 0) is 41.6 Å². The van der Waals surface area contributed by atoms with Gasteiger partial charge >= 0.3 is 0 Å². The fraction of sp³-hybridized carbons (Fsp3) is 0.182. The number of aromatic nitrogens is 3. The molecule has 0 bridgehead atoms. The van der Waals surface area contributed by atoms with E-state index in [1.54, 1.807) is 0 Å². The van der Waals surface area contributed by atoms with E-state index < -0.39 is 0 Å². The van der Waals surface area contributed by atoms with Crippen LogP contribution >= 0.6 is 11.8 Å². The Morgan fingerprint density at radius 1 is 1.21 bits per heavy atom. The highest BCUT2D eigenvalue weighted by Crippen LogP contribution is 2.43. The van der Waals surface area contributed by atoms with E-state index in [4.69, 9.17) is 0 Å². The molecule has 6 heteroatoms.